The molecule has 6 nitrogen and oxygen atoms in total. The molecule has 0 spiro atoms. The first kappa shape index (κ1) is 62.8. The van der Waals surface area contributed by atoms with E-state index in [1.54, 1.807) is 0 Å². The van der Waals surface area contributed by atoms with Crippen molar-refractivity contribution >= 4 is 11.9 Å². The third kappa shape index (κ3) is 48.1. The van der Waals surface area contributed by atoms with E-state index in [1.807, 2.05) is 0 Å². The Morgan fingerprint density at radius 3 is 1.22 bits per heavy atom. The van der Waals surface area contributed by atoms with Crippen LogP contribution in [0, 0.1) is 0 Å². The summed E-state index contributed by atoms with van der Waals surface area (Å²) < 4.78 is 5.95. The maximum absolute atomic E-state index is 13.3. The number of hydrogen-bond acceptors (Lipinski definition) is 5. The van der Waals surface area contributed by atoms with E-state index in [0.717, 1.165) is 77.0 Å². The van der Waals surface area contributed by atoms with E-state index in [9.17, 15) is 19.8 Å². The van der Waals surface area contributed by atoms with Crippen molar-refractivity contribution in [2.24, 2.45) is 0 Å². The first-order valence-corrected chi connectivity index (χ1v) is 28.4. The van der Waals surface area contributed by atoms with Gasteiger partial charge in [-0.15, -0.1) is 0 Å². The highest BCUT2D eigenvalue weighted by Gasteiger charge is 2.24. The van der Waals surface area contributed by atoms with Gasteiger partial charge in [0.2, 0.25) is 5.91 Å². The Labute approximate surface area is 404 Å². The summed E-state index contributed by atoms with van der Waals surface area (Å²) in [7, 11) is 0. The molecule has 380 valence electrons. The van der Waals surface area contributed by atoms with Gasteiger partial charge >= 0.3 is 5.97 Å². The molecule has 0 aromatic rings. The Morgan fingerprint density at radius 2 is 0.785 bits per heavy atom. The molecule has 0 aliphatic carbocycles. The highest BCUT2D eigenvalue weighted by Crippen LogP contribution is 2.19. The number of ether oxygens (including phenoxy) is 1. The van der Waals surface area contributed by atoms with Gasteiger partial charge in [0, 0.05) is 6.42 Å². The van der Waals surface area contributed by atoms with Gasteiger partial charge < -0.3 is 20.3 Å². The molecule has 0 bridgehead atoms. The summed E-state index contributed by atoms with van der Waals surface area (Å²) >= 11 is 0. The summed E-state index contributed by atoms with van der Waals surface area (Å²) in [5.74, 6) is -0.487. The number of aliphatic hydroxyl groups is 2. The second-order valence-corrected chi connectivity index (χ2v) is 19.4. The zero-order valence-electron chi connectivity index (χ0n) is 43.4. The van der Waals surface area contributed by atoms with Gasteiger partial charge in [-0.1, -0.05) is 275 Å². The lowest BCUT2D eigenvalue weighted by molar-refractivity contribution is -0.151. The van der Waals surface area contributed by atoms with Gasteiger partial charge in [0.1, 0.15) is 6.10 Å². The summed E-state index contributed by atoms with van der Waals surface area (Å²) in [4.78, 5) is 26.3. The van der Waals surface area contributed by atoms with Gasteiger partial charge in [0.15, 0.2) is 0 Å². The second-order valence-electron chi connectivity index (χ2n) is 19.4. The van der Waals surface area contributed by atoms with E-state index in [0.29, 0.717) is 19.3 Å². The van der Waals surface area contributed by atoms with Crippen molar-refractivity contribution in [1.29, 1.82) is 0 Å². The van der Waals surface area contributed by atoms with Crippen LogP contribution in [0.3, 0.4) is 0 Å². The second kappa shape index (κ2) is 52.8. The molecule has 0 aromatic heterocycles. The number of allylic oxidation sites excluding steroid dienone is 8. The smallest absolute Gasteiger partial charge is 0.306 e. The van der Waals surface area contributed by atoms with Gasteiger partial charge in [-0.05, 0) is 51.4 Å². The molecule has 0 radical (unpaired) electrons. The molecule has 65 heavy (non-hydrogen) atoms. The van der Waals surface area contributed by atoms with E-state index in [-0.39, 0.29) is 24.9 Å². The SMILES string of the molecule is CCCCC/C=C/C=C/C=C/C=C/CCCCCCCC(=O)OC(CCCCCCCCCCCCCCCCCC)CC(=O)NC(CO)C(O)CCCCCCCCCCCCCC. The number of esters is 1. The fourth-order valence-corrected chi connectivity index (χ4v) is 8.68. The number of nitrogens with one attached hydrogen (secondary N) is 1. The number of amides is 1. The predicted octanol–water partition coefficient (Wildman–Crippen LogP) is 17.4. The van der Waals surface area contributed by atoms with Gasteiger partial charge in [0.25, 0.3) is 0 Å². The lowest BCUT2D eigenvalue weighted by Crippen LogP contribution is -2.46. The summed E-state index contributed by atoms with van der Waals surface area (Å²) in [6.45, 7) is 6.47. The summed E-state index contributed by atoms with van der Waals surface area (Å²) in [5, 5.41) is 23.8. The quantitative estimate of drug-likeness (QED) is 0.0321. The van der Waals surface area contributed by atoms with Crippen molar-refractivity contribution in [3.63, 3.8) is 0 Å². The highest BCUT2D eigenvalue weighted by molar-refractivity contribution is 5.77. The first-order valence-electron chi connectivity index (χ1n) is 28.4. The molecule has 6 heteroatoms. The van der Waals surface area contributed by atoms with Crippen LogP contribution in [0.25, 0.3) is 0 Å². The minimum Gasteiger partial charge on any atom is -0.462 e. The number of unbranched alkanes of at least 4 members (excludes halogenated alkanes) is 34. The number of rotatable bonds is 51. The Hall–Kier alpha value is -2.18. The van der Waals surface area contributed by atoms with E-state index < -0.39 is 18.2 Å². The van der Waals surface area contributed by atoms with Crippen LogP contribution in [0.4, 0.5) is 0 Å². The molecule has 3 atom stereocenters. The van der Waals surface area contributed by atoms with E-state index in [4.69, 9.17) is 4.74 Å². The third-order valence-electron chi connectivity index (χ3n) is 13.0. The van der Waals surface area contributed by atoms with Crippen molar-refractivity contribution in [3.8, 4) is 0 Å². The van der Waals surface area contributed by atoms with Gasteiger partial charge in [-0.25, -0.2) is 0 Å². The Balaban J connectivity index is 4.60. The highest BCUT2D eigenvalue weighted by atomic mass is 16.5. The summed E-state index contributed by atoms with van der Waals surface area (Å²) in [5.41, 5.74) is 0. The molecule has 3 unspecified atom stereocenters. The number of hydrogen-bond donors (Lipinski definition) is 3. The van der Waals surface area contributed by atoms with Crippen LogP contribution in [0.5, 0.6) is 0 Å². The molecule has 1 amide bonds. The molecule has 0 saturated carbocycles. The molecule has 0 aliphatic rings. The third-order valence-corrected chi connectivity index (χ3v) is 13.0. The molecule has 0 fully saturated rings. The van der Waals surface area contributed by atoms with E-state index >= 15 is 0 Å². The lowest BCUT2D eigenvalue weighted by atomic mass is 10.0. The van der Waals surface area contributed by atoms with Crippen molar-refractivity contribution in [3.05, 3.63) is 48.6 Å². The van der Waals surface area contributed by atoms with E-state index in [2.05, 4.69) is 74.7 Å². The van der Waals surface area contributed by atoms with Crippen LogP contribution in [-0.4, -0.2) is 46.9 Å². The van der Waals surface area contributed by atoms with Gasteiger partial charge in [-0.2, -0.15) is 0 Å². The minimum atomic E-state index is -0.791. The molecular formula is C59H109NO5. The van der Waals surface area contributed by atoms with Gasteiger partial charge in [0.05, 0.1) is 25.2 Å². The Morgan fingerprint density at radius 1 is 0.446 bits per heavy atom. The number of aliphatic hydroxyl groups excluding tert-OH is 2. The van der Waals surface area contributed by atoms with E-state index in [1.165, 1.54) is 167 Å². The fourth-order valence-electron chi connectivity index (χ4n) is 8.68. The lowest BCUT2D eigenvalue weighted by Gasteiger charge is -2.24. The van der Waals surface area contributed by atoms with Crippen LogP contribution in [-0.2, 0) is 14.3 Å². The van der Waals surface area contributed by atoms with Crippen LogP contribution in [0.15, 0.2) is 48.6 Å². The first-order chi connectivity index (χ1) is 32.0. The zero-order valence-corrected chi connectivity index (χ0v) is 43.4. The average Bonchev–Trinajstić information content (AvgIpc) is 3.30. The average molecular weight is 913 g/mol. The van der Waals surface area contributed by atoms with Crippen molar-refractivity contribution < 1.29 is 24.5 Å². The van der Waals surface area contributed by atoms with Crippen LogP contribution in [0.2, 0.25) is 0 Å². The molecule has 0 saturated heterocycles. The molecule has 0 aliphatic heterocycles. The monoisotopic (exact) mass is 912 g/mol. The number of carbonyl (C=O) groups is 2. The normalized spacial score (nSPS) is 13.5. The van der Waals surface area contributed by atoms with Gasteiger partial charge in [-0.3, -0.25) is 9.59 Å². The molecular weight excluding hydrogens is 803 g/mol. The molecule has 3 N–H and O–H groups in total. The van der Waals surface area contributed by atoms with Crippen LogP contribution in [0.1, 0.15) is 290 Å². The van der Waals surface area contributed by atoms with Crippen molar-refractivity contribution in [2.75, 3.05) is 6.61 Å². The molecule has 0 rings (SSSR count). The molecule has 0 aromatic carbocycles. The predicted molar refractivity (Wildman–Crippen MR) is 282 cm³/mol. The largest absolute Gasteiger partial charge is 0.462 e. The van der Waals surface area contributed by atoms with Crippen molar-refractivity contribution in [1.82, 2.24) is 5.32 Å². The zero-order chi connectivity index (χ0) is 47.4. The maximum atomic E-state index is 13.3. The Kier molecular flexibility index (Phi) is 51.0. The number of carbonyl (C=O) groups excluding carboxylic acids is 2. The standard InChI is InChI=1S/C59H109NO5/c1-4-7-10-13-16-19-22-25-27-29-30-32-34-37-40-43-46-49-52-59(64)65-55(50-47-44-41-38-35-33-31-28-26-23-20-17-14-11-8-5-2)53-58(63)60-56(54-61)57(62)51-48-45-42-39-36-24-21-18-15-12-9-6-3/h16,19,22,25,27,29-30,32,55-57,61-62H,4-15,17-18,20-21,23-24,26,28,31,33-54H2,1-3H3,(H,60,63)/b19-16+,25-22+,29-27+,32-30+. The van der Waals surface area contributed by atoms with Crippen molar-refractivity contribution in [2.45, 2.75) is 309 Å². The summed E-state index contributed by atoms with van der Waals surface area (Å²) in [6, 6.07) is -0.705. The maximum Gasteiger partial charge on any atom is 0.306 e. The minimum absolute atomic E-state index is 0.0709. The van der Waals surface area contributed by atoms with Crippen LogP contribution >= 0.6 is 0 Å². The van der Waals surface area contributed by atoms with Crippen LogP contribution < -0.4 is 5.32 Å². The Bertz CT molecular complexity index is 1110. The topological polar surface area (TPSA) is 95.9 Å². The summed E-state index contributed by atoms with van der Waals surface area (Å²) in [6.07, 6.45) is 64.5. The fraction of sp³-hybridized carbons (Fsp3) is 0.831. The molecule has 0 heterocycles.